The Labute approximate surface area is 121 Å². The van der Waals surface area contributed by atoms with Gasteiger partial charge in [0.15, 0.2) is 0 Å². The van der Waals surface area contributed by atoms with Gasteiger partial charge in [-0.2, -0.15) is 0 Å². The molecule has 0 aromatic rings. The van der Waals surface area contributed by atoms with Crippen molar-refractivity contribution in [3.8, 4) is 0 Å². The molecule has 112 valence electrons. The van der Waals surface area contributed by atoms with Gasteiger partial charge >= 0.3 is 0 Å². The van der Waals surface area contributed by atoms with E-state index in [-0.39, 0.29) is 0 Å². The number of hydrogen-bond acceptors (Lipinski definition) is 1. The first-order valence-corrected chi connectivity index (χ1v) is 8.75. The standard InChI is InChI=1S/C18H35N/c1-18(2,3)11-14-19-12-9-17(10-13-19)15-16-7-5-4-6-8-16/h16-17H,4-15H2,1-3H3. The first kappa shape index (κ1) is 15.4. The summed E-state index contributed by atoms with van der Waals surface area (Å²) >= 11 is 0. The van der Waals surface area contributed by atoms with Crippen LogP contribution in [0.25, 0.3) is 0 Å². The summed E-state index contributed by atoms with van der Waals surface area (Å²) in [6.45, 7) is 11.1. The van der Waals surface area contributed by atoms with Crippen LogP contribution in [0.3, 0.4) is 0 Å². The SMILES string of the molecule is CC(C)(C)CCN1CCC(CC2CCCCC2)CC1. The predicted molar refractivity (Wildman–Crippen MR) is 84.4 cm³/mol. The maximum absolute atomic E-state index is 2.71. The maximum atomic E-state index is 2.71. The van der Waals surface area contributed by atoms with E-state index < -0.39 is 0 Å². The van der Waals surface area contributed by atoms with Crippen molar-refractivity contribution < 1.29 is 0 Å². The maximum Gasteiger partial charge on any atom is -0.00137 e. The Balaban J connectivity index is 1.62. The molecule has 0 unspecified atom stereocenters. The minimum absolute atomic E-state index is 0.499. The van der Waals surface area contributed by atoms with Crippen molar-refractivity contribution in [2.24, 2.45) is 17.3 Å². The average molecular weight is 265 g/mol. The molecule has 1 saturated heterocycles. The van der Waals surface area contributed by atoms with Crippen molar-refractivity contribution in [1.82, 2.24) is 4.90 Å². The minimum Gasteiger partial charge on any atom is -0.303 e. The van der Waals surface area contributed by atoms with Crippen molar-refractivity contribution in [2.75, 3.05) is 19.6 Å². The van der Waals surface area contributed by atoms with E-state index >= 15 is 0 Å². The van der Waals surface area contributed by atoms with Crippen LogP contribution in [-0.2, 0) is 0 Å². The highest BCUT2D eigenvalue weighted by Crippen LogP contribution is 2.33. The second-order valence-corrected chi connectivity index (χ2v) is 8.34. The topological polar surface area (TPSA) is 3.24 Å². The van der Waals surface area contributed by atoms with Gasteiger partial charge in [-0.3, -0.25) is 0 Å². The molecule has 2 aliphatic rings. The molecule has 0 N–H and O–H groups in total. The molecule has 0 aromatic heterocycles. The summed E-state index contributed by atoms with van der Waals surface area (Å²) in [4.78, 5) is 2.71. The molecule has 0 amide bonds. The third-order valence-corrected chi connectivity index (χ3v) is 5.28. The zero-order chi connectivity index (χ0) is 13.7. The van der Waals surface area contributed by atoms with Crippen LogP contribution in [0.1, 0.15) is 78.6 Å². The predicted octanol–water partition coefficient (Wildman–Crippen LogP) is 5.11. The van der Waals surface area contributed by atoms with Crippen molar-refractivity contribution in [2.45, 2.75) is 78.6 Å². The van der Waals surface area contributed by atoms with Gasteiger partial charge < -0.3 is 4.90 Å². The van der Waals surface area contributed by atoms with Crippen LogP contribution >= 0.6 is 0 Å². The zero-order valence-corrected chi connectivity index (χ0v) is 13.6. The van der Waals surface area contributed by atoms with Crippen LogP contribution in [0.2, 0.25) is 0 Å². The number of piperidine rings is 1. The van der Waals surface area contributed by atoms with Crippen LogP contribution < -0.4 is 0 Å². The van der Waals surface area contributed by atoms with Crippen LogP contribution in [-0.4, -0.2) is 24.5 Å². The Hall–Kier alpha value is -0.0400. The number of rotatable bonds is 4. The quantitative estimate of drug-likeness (QED) is 0.683. The van der Waals surface area contributed by atoms with E-state index in [0.29, 0.717) is 5.41 Å². The second-order valence-electron chi connectivity index (χ2n) is 8.34. The lowest BCUT2D eigenvalue weighted by Crippen LogP contribution is -2.36. The van der Waals surface area contributed by atoms with Gasteiger partial charge in [0.25, 0.3) is 0 Å². The molecule has 0 radical (unpaired) electrons. The fourth-order valence-electron chi connectivity index (χ4n) is 3.83. The summed E-state index contributed by atoms with van der Waals surface area (Å²) < 4.78 is 0. The van der Waals surface area contributed by atoms with E-state index in [2.05, 4.69) is 25.7 Å². The van der Waals surface area contributed by atoms with Crippen LogP contribution in [0.5, 0.6) is 0 Å². The molecule has 0 spiro atoms. The first-order valence-electron chi connectivity index (χ1n) is 8.75. The second kappa shape index (κ2) is 7.11. The van der Waals surface area contributed by atoms with Gasteiger partial charge in [-0.1, -0.05) is 52.9 Å². The monoisotopic (exact) mass is 265 g/mol. The largest absolute Gasteiger partial charge is 0.303 e. The number of likely N-dealkylation sites (tertiary alicyclic amines) is 1. The van der Waals surface area contributed by atoms with E-state index in [0.717, 1.165) is 11.8 Å². The fourth-order valence-corrected chi connectivity index (χ4v) is 3.83. The van der Waals surface area contributed by atoms with Gasteiger partial charge in [0, 0.05) is 0 Å². The molecule has 1 heteroatoms. The fraction of sp³-hybridized carbons (Fsp3) is 1.00. The van der Waals surface area contributed by atoms with Crippen molar-refractivity contribution in [1.29, 1.82) is 0 Å². The third kappa shape index (κ3) is 5.85. The van der Waals surface area contributed by atoms with E-state index in [9.17, 15) is 0 Å². The molecule has 1 saturated carbocycles. The van der Waals surface area contributed by atoms with Crippen molar-refractivity contribution in [3.63, 3.8) is 0 Å². The Bertz CT molecular complexity index is 239. The van der Waals surface area contributed by atoms with E-state index in [1.807, 2.05) is 0 Å². The molecule has 2 fully saturated rings. The smallest absolute Gasteiger partial charge is 0.00137 e. The summed E-state index contributed by atoms with van der Waals surface area (Å²) in [6.07, 6.45) is 13.4. The molecule has 1 heterocycles. The lowest BCUT2D eigenvalue weighted by Gasteiger charge is -2.35. The normalized spacial score (nSPS) is 24.8. The Morgan fingerprint density at radius 1 is 0.842 bits per heavy atom. The lowest BCUT2D eigenvalue weighted by atomic mass is 9.80. The van der Waals surface area contributed by atoms with Gasteiger partial charge in [-0.05, 0) is 62.6 Å². The lowest BCUT2D eigenvalue weighted by molar-refractivity contribution is 0.144. The molecule has 2 rings (SSSR count). The highest BCUT2D eigenvalue weighted by molar-refractivity contribution is 4.77. The number of hydrogen-bond donors (Lipinski definition) is 0. The molecule has 1 nitrogen and oxygen atoms in total. The van der Waals surface area contributed by atoms with E-state index in [4.69, 9.17) is 0 Å². The Morgan fingerprint density at radius 3 is 2.00 bits per heavy atom. The van der Waals surface area contributed by atoms with Crippen LogP contribution in [0.15, 0.2) is 0 Å². The number of nitrogens with zero attached hydrogens (tertiary/aromatic N) is 1. The molecular formula is C18H35N. The molecule has 0 aromatic carbocycles. The molecular weight excluding hydrogens is 230 g/mol. The van der Waals surface area contributed by atoms with Crippen LogP contribution in [0.4, 0.5) is 0 Å². The summed E-state index contributed by atoms with van der Waals surface area (Å²) in [5.41, 5.74) is 0.499. The van der Waals surface area contributed by atoms with Gasteiger partial charge in [0.2, 0.25) is 0 Å². The van der Waals surface area contributed by atoms with Crippen molar-refractivity contribution >= 4 is 0 Å². The van der Waals surface area contributed by atoms with Crippen LogP contribution in [0, 0.1) is 17.3 Å². The zero-order valence-electron chi connectivity index (χ0n) is 13.6. The highest BCUT2D eigenvalue weighted by atomic mass is 15.1. The summed E-state index contributed by atoms with van der Waals surface area (Å²) in [5, 5.41) is 0. The Morgan fingerprint density at radius 2 is 1.42 bits per heavy atom. The average Bonchev–Trinajstić information content (AvgIpc) is 2.38. The molecule has 1 aliphatic heterocycles. The summed E-state index contributed by atoms with van der Waals surface area (Å²) in [5.74, 6) is 2.13. The first-order chi connectivity index (χ1) is 9.03. The molecule has 0 atom stereocenters. The van der Waals surface area contributed by atoms with Gasteiger partial charge in [-0.25, -0.2) is 0 Å². The molecule has 19 heavy (non-hydrogen) atoms. The van der Waals surface area contributed by atoms with E-state index in [1.165, 1.54) is 71.0 Å². The highest BCUT2D eigenvalue weighted by Gasteiger charge is 2.24. The molecule has 0 bridgehead atoms. The summed E-state index contributed by atoms with van der Waals surface area (Å²) in [6, 6.07) is 0. The van der Waals surface area contributed by atoms with E-state index in [1.54, 1.807) is 6.42 Å². The third-order valence-electron chi connectivity index (χ3n) is 5.28. The van der Waals surface area contributed by atoms with Crippen molar-refractivity contribution in [3.05, 3.63) is 0 Å². The van der Waals surface area contributed by atoms with Gasteiger partial charge in [-0.15, -0.1) is 0 Å². The Kier molecular flexibility index (Phi) is 5.74. The molecule has 1 aliphatic carbocycles. The minimum atomic E-state index is 0.499. The van der Waals surface area contributed by atoms with Gasteiger partial charge in [0.05, 0.1) is 0 Å². The van der Waals surface area contributed by atoms with Gasteiger partial charge in [0.1, 0.15) is 0 Å². The summed E-state index contributed by atoms with van der Waals surface area (Å²) in [7, 11) is 0.